The molecule has 0 aliphatic carbocycles. The van der Waals surface area contributed by atoms with Crippen molar-refractivity contribution in [2.45, 2.75) is 25.4 Å². The Kier molecular flexibility index (Phi) is 4.92. The molecule has 5 heteroatoms. The zero-order valence-corrected chi connectivity index (χ0v) is 9.73. The highest BCUT2D eigenvalue weighted by Gasteiger charge is 2.09. The van der Waals surface area contributed by atoms with Gasteiger partial charge in [-0.3, -0.25) is 4.55 Å². The fraction of sp³-hybridized carbons (Fsp3) is 0.455. The molecule has 1 unspecified atom stereocenters. The number of benzene rings is 1. The number of hydrogen-bond acceptors (Lipinski definition) is 3. The van der Waals surface area contributed by atoms with Gasteiger partial charge in [-0.2, -0.15) is 8.42 Å². The zero-order valence-electron chi connectivity index (χ0n) is 8.91. The lowest BCUT2D eigenvalue weighted by Gasteiger charge is -2.09. The summed E-state index contributed by atoms with van der Waals surface area (Å²) in [7, 11) is -3.90. The van der Waals surface area contributed by atoms with Crippen LogP contribution in [-0.2, 0) is 16.5 Å². The Morgan fingerprint density at radius 1 is 1.19 bits per heavy atom. The Morgan fingerprint density at radius 2 is 1.81 bits per heavy atom. The van der Waals surface area contributed by atoms with Gasteiger partial charge in [0.1, 0.15) is 0 Å². The third kappa shape index (κ3) is 5.85. The second-order valence-electron chi connectivity index (χ2n) is 3.77. The van der Waals surface area contributed by atoms with Crippen LogP contribution in [0.15, 0.2) is 30.3 Å². The van der Waals surface area contributed by atoms with Gasteiger partial charge >= 0.3 is 0 Å². The number of hydrogen-bond donors (Lipinski definition) is 2. The van der Waals surface area contributed by atoms with Crippen molar-refractivity contribution in [3.8, 4) is 0 Å². The summed E-state index contributed by atoms with van der Waals surface area (Å²) in [6.45, 7) is 0. The molecule has 0 aliphatic heterocycles. The van der Waals surface area contributed by atoms with Crippen molar-refractivity contribution in [2.75, 3.05) is 5.75 Å². The molecular formula is C11H16O4S. The van der Waals surface area contributed by atoms with Crippen molar-refractivity contribution in [1.29, 1.82) is 0 Å². The van der Waals surface area contributed by atoms with E-state index in [1.54, 1.807) is 0 Å². The van der Waals surface area contributed by atoms with E-state index in [1.807, 2.05) is 30.3 Å². The van der Waals surface area contributed by atoms with Gasteiger partial charge in [0, 0.05) is 0 Å². The standard InChI is InChI=1S/C11H16O4S/c12-11(7-4-8-16(13,14)15)9-10-5-2-1-3-6-10/h1-3,5-6,11-12H,4,7-9H2,(H,13,14,15). The summed E-state index contributed by atoms with van der Waals surface area (Å²) in [6.07, 6.45) is 0.581. The summed E-state index contributed by atoms with van der Waals surface area (Å²) >= 11 is 0. The minimum Gasteiger partial charge on any atom is -0.393 e. The van der Waals surface area contributed by atoms with Crippen LogP contribution in [0.4, 0.5) is 0 Å². The molecule has 0 saturated heterocycles. The lowest BCUT2D eigenvalue weighted by atomic mass is 10.1. The van der Waals surface area contributed by atoms with Crippen LogP contribution in [-0.4, -0.2) is 29.9 Å². The minimum atomic E-state index is -3.90. The third-order valence-corrected chi connectivity index (χ3v) is 3.06. The maximum Gasteiger partial charge on any atom is 0.264 e. The van der Waals surface area contributed by atoms with Crippen LogP contribution < -0.4 is 0 Å². The van der Waals surface area contributed by atoms with Crippen molar-refractivity contribution in [2.24, 2.45) is 0 Å². The first-order valence-electron chi connectivity index (χ1n) is 5.14. The Labute approximate surface area is 95.7 Å². The van der Waals surface area contributed by atoms with Crippen LogP contribution in [0, 0.1) is 0 Å². The first-order chi connectivity index (χ1) is 7.47. The zero-order chi connectivity index (χ0) is 12.0. The molecule has 1 rings (SSSR count). The van der Waals surface area contributed by atoms with Crippen LogP contribution in [0.1, 0.15) is 18.4 Å². The van der Waals surface area contributed by atoms with Gasteiger partial charge in [-0.15, -0.1) is 0 Å². The SMILES string of the molecule is O=S(=O)(O)CCCC(O)Cc1ccccc1. The maximum atomic E-state index is 10.4. The van der Waals surface area contributed by atoms with Gasteiger partial charge < -0.3 is 5.11 Å². The Hall–Kier alpha value is -0.910. The molecule has 0 aromatic heterocycles. The average molecular weight is 244 g/mol. The van der Waals surface area contributed by atoms with Crippen LogP contribution in [0.25, 0.3) is 0 Å². The van der Waals surface area contributed by atoms with Crippen molar-refractivity contribution in [3.05, 3.63) is 35.9 Å². The van der Waals surface area contributed by atoms with Gasteiger partial charge in [-0.25, -0.2) is 0 Å². The van der Waals surface area contributed by atoms with E-state index in [9.17, 15) is 13.5 Å². The van der Waals surface area contributed by atoms with E-state index in [0.717, 1.165) is 5.56 Å². The van der Waals surface area contributed by atoms with Crippen molar-refractivity contribution in [1.82, 2.24) is 0 Å². The highest BCUT2D eigenvalue weighted by atomic mass is 32.2. The van der Waals surface area contributed by atoms with Crippen LogP contribution in [0.3, 0.4) is 0 Å². The summed E-state index contributed by atoms with van der Waals surface area (Å²) in [5, 5.41) is 9.62. The Balaban J connectivity index is 2.29. The van der Waals surface area contributed by atoms with Crippen molar-refractivity contribution < 1.29 is 18.1 Å². The molecule has 1 aromatic rings. The van der Waals surface area contributed by atoms with Crippen LogP contribution in [0.5, 0.6) is 0 Å². The van der Waals surface area contributed by atoms with E-state index in [2.05, 4.69) is 0 Å². The molecule has 0 saturated carbocycles. The lowest BCUT2D eigenvalue weighted by molar-refractivity contribution is 0.164. The summed E-state index contributed by atoms with van der Waals surface area (Å²) in [4.78, 5) is 0. The predicted molar refractivity (Wildman–Crippen MR) is 61.8 cm³/mol. The monoisotopic (exact) mass is 244 g/mol. The van der Waals surface area contributed by atoms with Gasteiger partial charge in [-0.1, -0.05) is 30.3 Å². The fourth-order valence-electron chi connectivity index (χ4n) is 1.49. The van der Waals surface area contributed by atoms with E-state index in [1.165, 1.54) is 0 Å². The van der Waals surface area contributed by atoms with E-state index in [-0.39, 0.29) is 12.2 Å². The molecule has 0 heterocycles. The summed E-state index contributed by atoms with van der Waals surface area (Å²) in [5.74, 6) is -0.293. The molecule has 90 valence electrons. The first-order valence-corrected chi connectivity index (χ1v) is 6.75. The topological polar surface area (TPSA) is 74.6 Å². The van der Waals surface area contributed by atoms with Crippen LogP contribution >= 0.6 is 0 Å². The average Bonchev–Trinajstić information content (AvgIpc) is 2.17. The second-order valence-corrected chi connectivity index (χ2v) is 5.34. The molecule has 0 bridgehead atoms. The van der Waals surface area contributed by atoms with Crippen molar-refractivity contribution >= 4 is 10.1 Å². The quantitative estimate of drug-likeness (QED) is 0.739. The van der Waals surface area contributed by atoms with Gasteiger partial charge in [0.05, 0.1) is 11.9 Å². The van der Waals surface area contributed by atoms with E-state index >= 15 is 0 Å². The molecule has 1 aromatic carbocycles. The fourth-order valence-corrected chi connectivity index (χ4v) is 2.02. The summed E-state index contributed by atoms with van der Waals surface area (Å²) in [5.41, 5.74) is 1.02. The molecule has 1 atom stereocenters. The van der Waals surface area contributed by atoms with Crippen molar-refractivity contribution in [3.63, 3.8) is 0 Å². The summed E-state index contributed by atoms with van der Waals surface area (Å²) in [6, 6.07) is 9.49. The molecule has 0 fully saturated rings. The predicted octanol–water partition coefficient (Wildman–Crippen LogP) is 1.26. The first kappa shape index (κ1) is 13.2. The number of aliphatic hydroxyl groups is 1. The van der Waals surface area contributed by atoms with Gasteiger partial charge in [0.2, 0.25) is 0 Å². The number of rotatable bonds is 6. The van der Waals surface area contributed by atoms with E-state index < -0.39 is 16.2 Å². The number of aliphatic hydroxyl groups excluding tert-OH is 1. The highest BCUT2D eigenvalue weighted by Crippen LogP contribution is 2.07. The smallest absolute Gasteiger partial charge is 0.264 e. The minimum absolute atomic E-state index is 0.271. The van der Waals surface area contributed by atoms with Gasteiger partial charge in [0.15, 0.2) is 0 Å². The molecule has 0 spiro atoms. The molecule has 16 heavy (non-hydrogen) atoms. The molecule has 0 radical (unpaired) electrons. The largest absolute Gasteiger partial charge is 0.393 e. The van der Waals surface area contributed by atoms with E-state index in [4.69, 9.17) is 4.55 Å². The molecule has 0 aliphatic rings. The lowest BCUT2D eigenvalue weighted by Crippen LogP contribution is -2.13. The Bertz CT molecular complexity index is 399. The van der Waals surface area contributed by atoms with Gasteiger partial charge in [-0.05, 0) is 24.8 Å². The normalized spacial score (nSPS) is 13.6. The van der Waals surface area contributed by atoms with E-state index in [0.29, 0.717) is 12.8 Å². The van der Waals surface area contributed by atoms with Gasteiger partial charge in [0.25, 0.3) is 10.1 Å². The molecule has 2 N–H and O–H groups in total. The third-order valence-electron chi connectivity index (χ3n) is 2.25. The summed E-state index contributed by atoms with van der Waals surface area (Å²) < 4.78 is 29.4. The molecule has 0 amide bonds. The maximum absolute atomic E-state index is 10.4. The highest BCUT2D eigenvalue weighted by molar-refractivity contribution is 7.85. The second kappa shape index (κ2) is 5.98. The molecule has 4 nitrogen and oxygen atoms in total. The van der Waals surface area contributed by atoms with Crippen LogP contribution in [0.2, 0.25) is 0 Å². The molecular weight excluding hydrogens is 228 g/mol. The Morgan fingerprint density at radius 3 is 2.38 bits per heavy atom.